The molecule has 1 aliphatic heterocycles. The highest BCUT2D eigenvalue weighted by atomic mass is 32.2. The van der Waals surface area contributed by atoms with Crippen molar-refractivity contribution in [1.82, 2.24) is 0 Å². The molecule has 1 aromatic carbocycles. The Morgan fingerprint density at radius 1 is 1.25 bits per heavy atom. The lowest BCUT2D eigenvalue weighted by Crippen LogP contribution is -2.28. The van der Waals surface area contributed by atoms with Crippen molar-refractivity contribution in [2.45, 2.75) is 35.8 Å². The summed E-state index contributed by atoms with van der Waals surface area (Å²) < 4.78 is 24.4. The molecule has 2 aliphatic rings. The van der Waals surface area contributed by atoms with Crippen molar-refractivity contribution in [3.8, 4) is 0 Å². The number of sulfone groups is 1. The Bertz CT molecular complexity index is 518. The van der Waals surface area contributed by atoms with Crippen LogP contribution in [0.2, 0.25) is 0 Å². The number of rotatable bonds is 2. The Labute approximate surface area is 95.8 Å². The highest BCUT2D eigenvalue weighted by Gasteiger charge is 2.33. The Morgan fingerprint density at radius 2 is 2.06 bits per heavy atom. The molecular formula is C12H15NO2S. The van der Waals surface area contributed by atoms with Crippen LogP contribution in [0.5, 0.6) is 0 Å². The second-order valence-electron chi connectivity index (χ2n) is 4.59. The van der Waals surface area contributed by atoms with E-state index in [4.69, 9.17) is 0 Å². The highest BCUT2D eigenvalue weighted by Crippen LogP contribution is 2.33. The quantitative estimate of drug-likeness (QED) is 0.855. The minimum Gasteiger partial charge on any atom is -0.384 e. The molecule has 4 heteroatoms. The van der Waals surface area contributed by atoms with Gasteiger partial charge >= 0.3 is 0 Å². The zero-order valence-corrected chi connectivity index (χ0v) is 9.89. The van der Waals surface area contributed by atoms with Crippen LogP contribution < -0.4 is 5.32 Å². The summed E-state index contributed by atoms with van der Waals surface area (Å²) in [6.45, 7) is 0.919. The van der Waals surface area contributed by atoms with Crippen molar-refractivity contribution in [3.63, 3.8) is 0 Å². The molecule has 1 aromatic rings. The molecule has 0 atom stereocenters. The van der Waals surface area contributed by atoms with Gasteiger partial charge in [0.15, 0.2) is 9.84 Å². The molecule has 0 saturated heterocycles. The lowest BCUT2D eigenvalue weighted by Gasteiger charge is -2.25. The minimum atomic E-state index is -3.05. The molecule has 1 aliphatic carbocycles. The van der Waals surface area contributed by atoms with Crippen LogP contribution in [0.25, 0.3) is 0 Å². The zero-order valence-electron chi connectivity index (χ0n) is 9.07. The van der Waals surface area contributed by atoms with Crippen LogP contribution >= 0.6 is 0 Å². The Balaban J connectivity index is 2.00. The van der Waals surface area contributed by atoms with Gasteiger partial charge < -0.3 is 5.32 Å². The van der Waals surface area contributed by atoms with Gasteiger partial charge in [0.25, 0.3) is 0 Å². The first-order chi connectivity index (χ1) is 7.68. The van der Waals surface area contributed by atoms with E-state index in [0.717, 1.165) is 43.5 Å². The van der Waals surface area contributed by atoms with Gasteiger partial charge in [0.2, 0.25) is 0 Å². The van der Waals surface area contributed by atoms with Crippen molar-refractivity contribution < 1.29 is 8.42 Å². The number of hydrogen-bond donors (Lipinski definition) is 1. The fourth-order valence-corrected chi connectivity index (χ4v) is 4.23. The van der Waals surface area contributed by atoms with E-state index in [2.05, 4.69) is 5.32 Å². The third kappa shape index (κ3) is 1.44. The molecule has 1 N–H and O–H groups in total. The van der Waals surface area contributed by atoms with Gasteiger partial charge in [-0.1, -0.05) is 6.42 Å². The van der Waals surface area contributed by atoms with Gasteiger partial charge in [-0.3, -0.25) is 0 Å². The number of nitrogens with one attached hydrogen (secondary N) is 1. The van der Waals surface area contributed by atoms with Crippen molar-refractivity contribution in [3.05, 3.63) is 23.8 Å². The highest BCUT2D eigenvalue weighted by molar-refractivity contribution is 7.92. The van der Waals surface area contributed by atoms with E-state index in [1.807, 2.05) is 12.1 Å². The second kappa shape index (κ2) is 3.48. The minimum absolute atomic E-state index is 0.125. The van der Waals surface area contributed by atoms with Gasteiger partial charge in [0.05, 0.1) is 10.1 Å². The van der Waals surface area contributed by atoms with Crippen LogP contribution in [0.15, 0.2) is 23.1 Å². The smallest absolute Gasteiger partial charge is 0.181 e. The molecule has 0 bridgehead atoms. The summed E-state index contributed by atoms with van der Waals surface area (Å²) in [5, 5.41) is 3.12. The van der Waals surface area contributed by atoms with E-state index < -0.39 is 9.84 Å². The summed E-state index contributed by atoms with van der Waals surface area (Å²) in [6.07, 6.45) is 3.65. The molecule has 0 radical (unpaired) electrons. The topological polar surface area (TPSA) is 46.2 Å². The molecule has 1 fully saturated rings. The molecule has 0 aromatic heterocycles. The van der Waals surface area contributed by atoms with Gasteiger partial charge in [-0.15, -0.1) is 0 Å². The summed E-state index contributed by atoms with van der Waals surface area (Å²) in [5.41, 5.74) is 2.23. The normalized spacial score (nSPS) is 20.0. The molecule has 3 rings (SSSR count). The van der Waals surface area contributed by atoms with Crippen LogP contribution in [0, 0.1) is 0 Å². The Kier molecular flexibility index (Phi) is 2.21. The average Bonchev–Trinajstić information content (AvgIpc) is 2.60. The third-order valence-corrected chi connectivity index (χ3v) is 5.87. The van der Waals surface area contributed by atoms with Crippen LogP contribution in [-0.4, -0.2) is 20.2 Å². The number of anilines is 1. The molecule has 1 saturated carbocycles. The van der Waals surface area contributed by atoms with E-state index in [-0.39, 0.29) is 5.25 Å². The van der Waals surface area contributed by atoms with Crippen molar-refractivity contribution in [2.75, 3.05) is 11.9 Å². The van der Waals surface area contributed by atoms with Crippen LogP contribution in [-0.2, 0) is 16.3 Å². The standard InChI is InChI=1S/C12H15NO2S/c14-16(15,10-2-1-3-10)11-4-5-12-9(8-11)6-7-13-12/h4-5,8,10,13H,1-3,6-7H2. The fraction of sp³-hybridized carbons (Fsp3) is 0.500. The average molecular weight is 237 g/mol. The van der Waals surface area contributed by atoms with Gasteiger partial charge in [0, 0.05) is 12.2 Å². The number of hydrogen-bond acceptors (Lipinski definition) is 3. The first kappa shape index (κ1) is 10.1. The Hall–Kier alpha value is -1.03. The molecule has 3 nitrogen and oxygen atoms in total. The second-order valence-corrected chi connectivity index (χ2v) is 6.82. The van der Waals surface area contributed by atoms with E-state index in [1.165, 1.54) is 0 Å². The first-order valence-electron chi connectivity index (χ1n) is 5.78. The predicted octanol–water partition coefficient (Wildman–Crippen LogP) is 1.98. The summed E-state index contributed by atoms with van der Waals surface area (Å²) in [6, 6.07) is 5.49. The summed E-state index contributed by atoms with van der Waals surface area (Å²) in [5.74, 6) is 0. The van der Waals surface area contributed by atoms with E-state index in [0.29, 0.717) is 4.90 Å². The van der Waals surface area contributed by atoms with Crippen molar-refractivity contribution in [1.29, 1.82) is 0 Å². The van der Waals surface area contributed by atoms with Crippen molar-refractivity contribution in [2.24, 2.45) is 0 Å². The van der Waals surface area contributed by atoms with Crippen LogP contribution in [0.3, 0.4) is 0 Å². The SMILES string of the molecule is O=S(=O)(c1ccc2c(c1)CCN2)C1CCC1. The predicted molar refractivity (Wildman–Crippen MR) is 63.5 cm³/mol. The maximum Gasteiger partial charge on any atom is 0.181 e. The fourth-order valence-electron chi connectivity index (χ4n) is 2.33. The maximum atomic E-state index is 12.2. The summed E-state index contributed by atoms with van der Waals surface area (Å²) in [7, 11) is -3.05. The van der Waals surface area contributed by atoms with Crippen LogP contribution in [0.4, 0.5) is 5.69 Å². The monoisotopic (exact) mass is 237 g/mol. The summed E-state index contributed by atoms with van der Waals surface area (Å²) in [4.78, 5) is 0.514. The zero-order chi connectivity index (χ0) is 11.2. The molecule has 1 heterocycles. The largest absolute Gasteiger partial charge is 0.384 e. The van der Waals surface area contributed by atoms with E-state index in [9.17, 15) is 8.42 Å². The van der Waals surface area contributed by atoms with Crippen molar-refractivity contribution >= 4 is 15.5 Å². The molecule has 0 unspecified atom stereocenters. The maximum absolute atomic E-state index is 12.2. The lowest BCUT2D eigenvalue weighted by atomic mass is 10.00. The van der Waals surface area contributed by atoms with Gasteiger partial charge in [0.1, 0.15) is 0 Å². The molecular weight excluding hydrogens is 222 g/mol. The van der Waals surface area contributed by atoms with E-state index >= 15 is 0 Å². The first-order valence-corrected chi connectivity index (χ1v) is 7.33. The number of benzene rings is 1. The lowest BCUT2D eigenvalue weighted by molar-refractivity contribution is 0.477. The third-order valence-electron chi connectivity index (χ3n) is 3.61. The van der Waals surface area contributed by atoms with E-state index in [1.54, 1.807) is 6.07 Å². The van der Waals surface area contributed by atoms with Crippen LogP contribution in [0.1, 0.15) is 24.8 Å². The van der Waals surface area contributed by atoms with Gasteiger partial charge in [-0.05, 0) is 43.0 Å². The number of fused-ring (bicyclic) bond motifs is 1. The summed E-state index contributed by atoms with van der Waals surface area (Å²) >= 11 is 0. The van der Waals surface area contributed by atoms with Gasteiger partial charge in [-0.2, -0.15) is 0 Å². The molecule has 0 spiro atoms. The molecule has 16 heavy (non-hydrogen) atoms. The Morgan fingerprint density at radius 3 is 2.75 bits per heavy atom. The van der Waals surface area contributed by atoms with Gasteiger partial charge in [-0.25, -0.2) is 8.42 Å². The molecule has 86 valence electrons. The molecule has 0 amide bonds.